The van der Waals surface area contributed by atoms with Crippen molar-refractivity contribution < 1.29 is 17.9 Å². The van der Waals surface area contributed by atoms with E-state index in [4.69, 9.17) is 16.3 Å². The molecule has 0 aliphatic rings. The molecule has 0 saturated heterocycles. The quantitative estimate of drug-likeness (QED) is 0.615. The second-order valence-corrected chi connectivity index (χ2v) is 8.41. The second-order valence-electron chi connectivity index (χ2n) is 6.23. The Kier molecular flexibility index (Phi) is 5.76. The van der Waals surface area contributed by atoms with Gasteiger partial charge in [0.25, 0.3) is 5.91 Å². The molecule has 152 valence electrons. The minimum absolute atomic E-state index is 0.246. The first kappa shape index (κ1) is 20.6. The van der Waals surface area contributed by atoms with E-state index < -0.39 is 15.9 Å². The third-order valence-electron chi connectivity index (χ3n) is 3.82. The molecular formula is C18H18ClN5O4S. The Morgan fingerprint density at radius 3 is 2.41 bits per heavy atom. The van der Waals surface area contributed by atoms with E-state index in [1.807, 2.05) is 0 Å². The van der Waals surface area contributed by atoms with E-state index in [1.54, 1.807) is 23.9 Å². The van der Waals surface area contributed by atoms with Crippen LogP contribution in [0.15, 0.2) is 42.9 Å². The molecule has 0 aliphatic heterocycles. The van der Waals surface area contributed by atoms with Crippen LogP contribution < -0.4 is 14.8 Å². The molecular weight excluding hydrogens is 418 g/mol. The number of carbonyl (C=O) groups is 1. The molecule has 3 rings (SSSR count). The molecule has 3 aromatic rings. The van der Waals surface area contributed by atoms with Gasteiger partial charge < -0.3 is 14.6 Å². The van der Waals surface area contributed by atoms with Crippen LogP contribution >= 0.6 is 11.6 Å². The van der Waals surface area contributed by atoms with Crippen LogP contribution in [0.3, 0.4) is 0 Å². The first-order valence-corrected chi connectivity index (χ1v) is 10.5. The summed E-state index contributed by atoms with van der Waals surface area (Å²) in [4.78, 5) is 21.1. The van der Waals surface area contributed by atoms with E-state index in [9.17, 15) is 13.2 Å². The van der Waals surface area contributed by atoms with Gasteiger partial charge in [-0.3, -0.25) is 9.52 Å². The van der Waals surface area contributed by atoms with E-state index in [0.717, 1.165) is 6.26 Å². The fourth-order valence-corrected chi connectivity index (χ4v) is 3.38. The smallest absolute Gasteiger partial charge is 0.257 e. The van der Waals surface area contributed by atoms with Crippen molar-refractivity contribution in [2.45, 2.75) is 0 Å². The Balaban J connectivity index is 1.83. The van der Waals surface area contributed by atoms with Crippen molar-refractivity contribution in [3.63, 3.8) is 0 Å². The van der Waals surface area contributed by atoms with Crippen molar-refractivity contribution in [3.05, 3.63) is 53.4 Å². The summed E-state index contributed by atoms with van der Waals surface area (Å²) >= 11 is 6.03. The standard InChI is InChI=1S/C18H18ClN5O4S/c1-24-10-11(4-16(24)17-20-8-15(28-2)9-21-17)18(25)22-13-5-12(19)6-14(7-13)23-29(3,26)27/h4-10,23H,1-3H3,(H,22,25). The summed E-state index contributed by atoms with van der Waals surface area (Å²) < 4.78 is 31.9. The number of sulfonamides is 1. The Bertz CT molecular complexity index is 1160. The maximum Gasteiger partial charge on any atom is 0.257 e. The van der Waals surface area contributed by atoms with Gasteiger partial charge in [0, 0.05) is 24.0 Å². The molecule has 9 nitrogen and oxygen atoms in total. The molecule has 2 N–H and O–H groups in total. The fourth-order valence-electron chi connectivity index (χ4n) is 2.60. The number of halogens is 1. The molecule has 0 radical (unpaired) electrons. The summed E-state index contributed by atoms with van der Waals surface area (Å²) in [5.41, 5.74) is 1.61. The molecule has 11 heteroatoms. The number of hydrogen-bond donors (Lipinski definition) is 2. The molecule has 1 aromatic carbocycles. The van der Waals surface area contributed by atoms with Crippen LogP contribution in [0.5, 0.6) is 5.75 Å². The molecule has 0 fully saturated rings. The average Bonchev–Trinajstić information content (AvgIpc) is 3.01. The van der Waals surface area contributed by atoms with Crippen LogP contribution in [0, 0.1) is 0 Å². The lowest BCUT2D eigenvalue weighted by Gasteiger charge is -2.09. The van der Waals surface area contributed by atoms with Gasteiger partial charge in [-0.05, 0) is 24.3 Å². The average molecular weight is 436 g/mol. The zero-order valence-electron chi connectivity index (χ0n) is 15.8. The molecule has 2 aromatic heterocycles. The highest BCUT2D eigenvalue weighted by atomic mass is 35.5. The summed E-state index contributed by atoms with van der Waals surface area (Å²) in [7, 11) is -0.182. The molecule has 0 spiro atoms. The molecule has 2 heterocycles. The Labute approximate surface area is 172 Å². The normalized spacial score (nSPS) is 11.2. The van der Waals surface area contributed by atoms with Crippen molar-refractivity contribution in [1.29, 1.82) is 0 Å². The van der Waals surface area contributed by atoms with Gasteiger partial charge in [0.2, 0.25) is 10.0 Å². The number of hydrogen-bond acceptors (Lipinski definition) is 6. The maximum atomic E-state index is 12.7. The van der Waals surface area contributed by atoms with Crippen LogP contribution in [0.4, 0.5) is 11.4 Å². The van der Waals surface area contributed by atoms with E-state index in [1.165, 1.54) is 37.7 Å². The van der Waals surface area contributed by atoms with Gasteiger partial charge in [-0.2, -0.15) is 0 Å². The summed E-state index contributed by atoms with van der Waals surface area (Å²) in [5.74, 6) is 0.572. The molecule has 0 bridgehead atoms. The summed E-state index contributed by atoms with van der Waals surface area (Å²) in [6, 6.07) is 6.09. The second kappa shape index (κ2) is 8.10. The van der Waals surface area contributed by atoms with Gasteiger partial charge in [-0.25, -0.2) is 18.4 Å². The third-order valence-corrected chi connectivity index (χ3v) is 4.64. The summed E-state index contributed by atoms with van der Waals surface area (Å²) in [5, 5.41) is 2.98. The first-order chi connectivity index (χ1) is 13.6. The lowest BCUT2D eigenvalue weighted by Crippen LogP contribution is -2.13. The Hall–Kier alpha value is -3.11. The minimum atomic E-state index is -3.48. The lowest BCUT2D eigenvalue weighted by molar-refractivity contribution is 0.102. The van der Waals surface area contributed by atoms with Crippen LogP contribution in [0.25, 0.3) is 11.5 Å². The van der Waals surface area contributed by atoms with Crippen molar-refractivity contribution in [1.82, 2.24) is 14.5 Å². The van der Waals surface area contributed by atoms with Gasteiger partial charge in [0.05, 0.1) is 42.7 Å². The maximum absolute atomic E-state index is 12.7. The molecule has 0 unspecified atom stereocenters. The van der Waals surface area contributed by atoms with Crippen molar-refractivity contribution >= 4 is 38.9 Å². The lowest BCUT2D eigenvalue weighted by atomic mass is 10.2. The zero-order chi connectivity index (χ0) is 21.2. The number of carbonyl (C=O) groups excluding carboxylic acids is 1. The number of benzene rings is 1. The van der Waals surface area contributed by atoms with E-state index >= 15 is 0 Å². The van der Waals surface area contributed by atoms with Gasteiger partial charge in [-0.15, -0.1) is 0 Å². The number of rotatable bonds is 6. The Morgan fingerprint density at radius 1 is 1.14 bits per heavy atom. The van der Waals surface area contributed by atoms with Gasteiger partial charge >= 0.3 is 0 Å². The topological polar surface area (TPSA) is 115 Å². The molecule has 0 atom stereocenters. The molecule has 29 heavy (non-hydrogen) atoms. The number of nitrogens with one attached hydrogen (secondary N) is 2. The summed E-state index contributed by atoms with van der Waals surface area (Å²) in [6.07, 6.45) is 5.74. The third kappa shape index (κ3) is 5.24. The van der Waals surface area contributed by atoms with Crippen LogP contribution in [0.1, 0.15) is 10.4 Å². The van der Waals surface area contributed by atoms with Crippen LogP contribution in [-0.4, -0.2) is 42.2 Å². The van der Waals surface area contributed by atoms with Crippen molar-refractivity contribution in [2.24, 2.45) is 7.05 Å². The number of amides is 1. The molecule has 1 amide bonds. The SMILES string of the molecule is COc1cnc(-c2cc(C(=O)Nc3cc(Cl)cc(NS(C)(=O)=O)c3)cn2C)nc1. The van der Waals surface area contributed by atoms with E-state index in [-0.39, 0.29) is 10.7 Å². The van der Waals surface area contributed by atoms with Gasteiger partial charge in [-0.1, -0.05) is 11.6 Å². The zero-order valence-corrected chi connectivity index (χ0v) is 17.4. The number of anilines is 2. The fraction of sp³-hybridized carbons (Fsp3) is 0.167. The monoisotopic (exact) mass is 435 g/mol. The number of ether oxygens (including phenoxy) is 1. The van der Waals surface area contributed by atoms with Crippen LogP contribution in [-0.2, 0) is 17.1 Å². The predicted molar refractivity (Wildman–Crippen MR) is 111 cm³/mol. The summed E-state index contributed by atoms with van der Waals surface area (Å²) in [6.45, 7) is 0. The molecule has 0 saturated carbocycles. The highest BCUT2D eigenvalue weighted by molar-refractivity contribution is 7.92. The highest BCUT2D eigenvalue weighted by Gasteiger charge is 2.15. The number of nitrogens with zero attached hydrogens (tertiary/aromatic N) is 3. The predicted octanol–water partition coefficient (Wildman–Crippen LogP) is 2.77. The Morgan fingerprint density at radius 2 is 1.79 bits per heavy atom. The molecule has 0 aliphatic carbocycles. The van der Waals surface area contributed by atoms with E-state index in [2.05, 4.69) is 20.0 Å². The van der Waals surface area contributed by atoms with Crippen LogP contribution in [0.2, 0.25) is 5.02 Å². The first-order valence-electron chi connectivity index (χ1n) is 8.27. The number of methoxy groups -OCH3 is 1. The number of aryl methyl sites for hydroxylation is 1. The largest absolute Gasteiger partial charge is 0.494 e. The van der Waals surface area contributed by atoms with Crippen molar-refractivity contribution in [2.75, 3.05) is 23.4 Å². The van der Waals surface area contributed by atoms with Crippen molar-refractivity contribution in [3.8, 4) is 17.3 Å². The van der Waals surface area contributed by atoms with Gasteiger partial charge in [0.15, 0.2) is 11.6 Å². The van der Waals surface area contributed by atoms with Gasteiger partial charge in [0.1, 0.15) is 0 Å². The number of aromatic nitrogens is 3. The minimum Gasteiger partial charge on any atom is -0.494 e. The van der Waals surface area contributed by atoms with E-state index in [0.29, 0.717) is 28.5 Å². The highest BCUT2D eigenvalue weighted by Crippen LogP contribution is 2.25.